The fraction of sp³-hybridized carbons (Fsp3) is 0.500. The van der Waals surface area contributed by atoms with Crippen molar-refractivity contribution < 1.29 is 14.3 Å². The quantitative estimate of drug-likeness (QED) is 0.824. The van der Waals surface area contributed by atoms with Crippen LogP contribution in [0.2, 0.25) is 0 Å². The number of aromatic nitrogens is 1. The summed E-state index contributed by atoms with van der Waals surface area (Å²) in [5.41, 5.74) is 0.414. The summed E-state index contributed by atoms with van der Waals surface area (Å²) in [6.45, 7) is 5.81. The molecular weight excluding hydrogens is 244 g/mol. The summed E-state index contributed by atoms with van der Waals surface area (Å²) < 4.78 is 5.12. The zero-order valence-electron chi connectivity index (χ0n) is 11.6. The van der Waals surface area contributed by atoms with Crippen LogP contribution in [0.3, 0.4) is 0 Å². The van der Waals surface area contributed by atoms with Crippen LogP contribution in [-0.2, 0) is 20.9 Å². The second kappa shape index (κ2) is 6.87. The van der Waals surface area contributed by atoms with E-state index >= 15 is 0 Å². The van der Waals surface area contributed by atoms with Gasteiger partial charge in [-0.2, -0.15) is 0 Å². The highest BCUT2D eigenvalue weighted by molar-refractivity contribution is 5.81. The van der Waals surface area contributed by atoms with Gasteiger partial charge in [-0.05, 0) is 32.4 Å². The van der Waals surface area contributed by atoms with Crippen LogP contribution in [0.5, 0.6) is 0 Å². The lowest BCUT2D eigenvalue weighted by Gasteiger charge is -2.19. The number of carbonyl (C=O) groups is 2. The molecule has 5 heteroatoms. The summed E-state index contributed by atoms with van der Waals surface area (Å²) in [6, 6.07) is 3.68. The van der Waals surface area contributed by atoms with Gasteiger partial charge in [0, 0.05) is 25.4 Å². The van der Waals surface area contributed by atoms with Crippen molar-refractivity contribution in [1.29, 1.82) is 0 Å². The first-order valence-corrected chi connectivity index (χ1v) is 6.24. The van der Waals surface area contributed by atoms with E-state index in [-0.39, 0.29) is 24.7 Å². The fourth-order valence-corrected chi connectivity index (χ4v) is 1.40. The average Bonchev–Trinajstić information content (AvgIpc) is 2.33. The Hall–Kier alpha value is -1.91. The lowest BCUT2D eigenvalue weighted by molar-refractivity contribution is -0.155. The first-order chi connectivity index (χ1) is 8.87. The second-order valence-electron chi connectivity index (χ2n) is 5.22. The lowest BCUT2D eigenvalue weighted by atomic mass is 10.2. The van der Waals surface area contributed by atoms with E-state index in [1.807, 2.05) is 12.1 Å². The van der Waals surface area contributed by atoms with E-state index < -0.39 is 5.60 Å². The van der Waals surface area contributed by atoms with Crippen LogP contribution in [-0.4, -0.2) is 22.5 Å². The maximum atomic E-state index is 11.5. The molecule has 0 unspecified atom stereocenters. The Morgan fingerprint density at radius 1 is 1.32 bits per heavy atom. The molecule has 0 atom stereocenters. The molecule has 0 aromatic carbocycles. The van der Waals surface area contributed by atoms with Gasteiger partial charge in [0.15, 0.2) is 0 Å². The Balaban J connectivity index is 2.23. The Kier molecular flexibility index (Phi) is 5.48. The number of nitrogens with one attached hydrogen (secondary N) is 1. The van der Waals surface area contributed by atoms with Crippen LogP contribution in [0.1, 0.15) is 39.2 Å². The van der Waals surface area contributed by atoms with Gasteiger partial charge in [-0.15, -0.1) is 0 Å². The summed E-state index contributed by atoms with van der Waals surface area (Å²) in [7, 11) is 0. The zero-order chi connectivity index (χ0) is 14.3. The molecule has 0 spiro atoms. The maximum Gasteiger partial charge on any atom is 0.306 e. The third kappa shape index (κ3) is 7.18. The van der Waals surface area contributed by atoms with Gasteiger partial charge in [0.1, 0.15) is 5.60 Å². The molecule has 1 N–H and O–H groups in total. The summed E-state index contributed by atoms with van der Waals surface area (Å²) >= 11 is 0. The van der Waals surface area contributed by atoms with Crippen molar-refractivity contribution >= 4 is 11.9 Å². The van der Waals surface area contributed by atoms with Crippen LogP contribution < -0.4 is 5.32 Å². The monoisotopic (exact) mass is 264 g/mol. The molecule has 1 aromatic heterocycles. The number of nitrogens with zero attached hydrogens (tertiary/aromatic N) is 1. The molecule has 0 bridgehead atoms. The van der Waals surface area contributed by atoms with Crippen molar-refractivity contribution in [3.63, 3.8) is 0 Å². The van der Waals surface area contributed by atoms with Crippen LogP contribution in [0.15, 0.2) is 24.5 Å². The normalized spacial score (nSPS) is 10.9. The Morgan fingerprint density at radius 2 is 2.05 bits per heavy atom. The number of pyridine rings is 1. The van der Waals surface area contributed by atoms with Gasteiger partial charge >= 0.3 is 5.97 Å². The zero-order valence-corrected chi connectivity index (χ0v) is 11.6. The third-order valence-electron chi connectivity index (χ3n) is 2.19. The van der Waals surface area contributed by atoms with Crippen LogP contribution in [0.25, 0.3) is 0 Å². The summed E-state index contributed by atoms with van der Waals surface area (Å²) in [5.74, 6) is -0.529. The van der Waals surface area contributed by atoms with Crippen molar-refractivity contribution in [3.05, 3.63) is 30.1 Å². The van der Waals surface area contributed by atoms with E-state index in [1.165, 1.54) is 0 Å². The smallest absolute Gasteiger partial charge is 0.306 e. The molecule has 0 saturated heterocycles. The van der Waals surface area contributed by atoms with Crippen LogP contribution in [0.4, 0.5) is 0 Å². The number of esters is 1. The third-order valence-corrected chi connectivity index (χ3v) is 2.19. The second-order valence-corrected chi connectivity index (χ2v) is 5.22. The first-order valence-electron chi connectivity index (χ1n) is 6.24. The lowest BCUT2D eigenvalue weighted by Crippen LogP contribution is -2.27. The predicted octanol–water partition coefficient (Wildman–Crippen LogP) is 1.82. The maximum absolute atomic E-state index is 11.5. The molecule has 0 radical (unpaired) electrons. The van der Waals surface area contributed by atoms with Gasteiger partial charge < -0.3 is 10.1 Å². The van der Waals surface area contributed by atoms with E-state index in [2.05, 4.69) is 10.3 Å². The number of carbonyl (C=O) groups excluding carboxylic acids is 2. The molecule has 0 aliphatic rings. The molecule has 0 fully saturated rings. The van der Waals surface area contributed by atoms with Crippen molar-refractivity contribution in [2.75, 3.05) is 0 Å². The van der Waals surface area contributed by atoms with E-state index in [1.54, 1.807) is 33.2 Å². The molecule has 104 valence electrons. The number of ether oxygens (including phenoxy) is 1. The number of hydrogen-bond donors (Lipinski definition) is 1. The van der Waals surface area contributed by atoms with Gasteiger partial charge in [0.2, 0.25) is 5.91 Å². The van der Waals surface area contributed by atoms with E-state index in [4.69, 9.17) is 4.74 Å². The first kappa shape index (κ1) is 15.1. The molecule has 1 aromatic rings. The van der Waals surface area contributed by atoms with E-state index in [0.29, 0.717) is 6.54 Å². The largest absolute Gasteiger partial charge is 0.460 e. The minimum Gasteiger partial charge on any atom is -0.460 e. The van der Waals surface area contributed by atoms with Gasteiger partial charge in [-0.25, -0.2) is 0 Å². The minimum absolute atomic E-state index is 0.0934. The molecular formula is C14H20N2O3. The molecule has 0 saturated carbocycles. The van der Waals surface area contributed by atoms with Crippen molar-refractivity contribution in [2.24, 2.45) is 0 Å². The standard InChI is InChI=1S/C14H20N2O3/c1-14(2,3)19-13(18)7-6-12(17)16-10-11-5-4-8-15-9-11/h4-5,8-9H,6-7,10H2,1-3H3,(H,16,17). The van der Waals surface area contributed by atoms with Crippen molar-refractivity contribution in [3.8, 4) is 0 Å². The minimum atomic E-state index is -0.511. The molecule has 5 nitrogen and oxygen atoms in total. The number of amides is 1. The summed E-state index contributed by atoms with van der Waals surface area (Å²) in [5, 5.41) is 2.73. The molecule has 19 heavy (non-hydrogen) atoms. The average molecular weight is 264 g/mol. The molecule has 0 aliphatic heterocycles. The van der Waals surface area contributed by atoms with Gasteiger partial charge in [0.05, 0.1) is 6.42 Å². The van der Waals surface area contributed by atoms with Gasteiger partial charge in [-0.1, -0.05) is 6.07 Å². The van der Waals surface area contributed by atoms with E-state index in [0.717, 1.165) is 5.56 Å². The van der Waals surface area contributed by atoms with Gasteiger partial charge in [-0.3, -0.25) is 14.6 Å². The number of hydrogen-bond acceptors (Lipinski definition) is 4. The van der Waals surface area contributed by atoms with Crippen molar-refractivity contribution in [2.45, 2.75) is 45.8 Å². The SMILES string of the molecule is CC(C)(C)OC(=O)CCC(=O)NCc1cccnc1. The Bertz CT molecular complexity index is 424. The highest BCUT2D eigenvalue weighted by Crippen LogP contribution is 2.09. The van der Waals surface area contributed by atoms with Crippen LogP contribution in [0, 0.1) is 0 Å². The Labute approximate surface area is 113 Å². The number of rotatable bonds is 5. The molecule has 1 heterocycles. The predicted molar refractivity (Wildman–Crippen MR) is 71.2 cm³/mol. The van der Waals surface area contributed by atoms with Crippen LogP contribution >= 0.6 is 0 Å². The molecule has 1 amide bonds. The van der Waals surface area contributed by atoms with Gasteiger partial charge in [0.25, 0.3) is 0 Å². The topological polar surface area (TPSA) is 68.3 Å². The fourth-order valence-electron chi connectivity index (χ4n) is 1.40. The summed E-state index contributed by atoms with van der Waals surface area (Å²) in [4.78, 5) is 26.9. The van der Waals surface area contributed by atoms with E-state index in [9.17, 15) is 9.59 Å². The molecule has 1 rings (SSSR count). The van der Waals surface area contributed by atoms with Crippen molar-refractivity contribution in [1.82, 2.24) is 10.3 Å². The highest BCUT2D eigenvalue weighted by atomic mass is 16.6. The summed E-state index contributed by atoms with van der Waals surface area (Å²) in [6.07, 6.45) is 3.59. The Morgan fingerprint density at radius 3 is 2.63 bits per heavy atom. The highest BCUT2D eigenvalue weighted by Gasteiger charge is 2.16. The molecule has 0 aliphatic carbocycles.